The van der Waals surface area contributed by atoms with E-state index >= 15 is 0 Å². The number of carbonyl (C=O) groups excluding carboxylic acids is 2. The number of ether oxygens (including phenoxy) is 1. The maximum atomic E-state index is 13.2. The van der Waals surface area contributed by atoms with Gasteiger partial charge in [-0.3, -0.25) is 4.79 Å². The molecule has 0 heterocycles. The number of carboxylic acids is 1. The lowest BCUT2D eigenvalue weighted by molar-refractivity contribution is -0.144. The molecule has 7 heteroatoms. The molecule has 7 nitrogen and oxygen atoms in total. The summed E-state index contributed by atoms with van der Waals surface area (Å²) < 4.78 is 5.64. The first kappa shape index (κ1) is 23.4. The van der Waals surface area contributed by atoms with Gasteiger partial charge in [0.25, 0.3) is 0 Å². The molecule has 3 N–H and O–H groups in total. The third kappa shape index (κ3) is 3.87. The van der Waals surface area contributed by atoms with Crippen molar-refractivity contribution in [1.82, 2.24) is 10.6 Å². The van der Waals surface area contributed by atoms with Crippen molar-refractivity contribution in [3.05, 3.63) is 59.7 Å². The second kappa shape index (κ2) is 8.70. The van der Waals surface area contributed by atoms with Gasteiger partial charge in [-0.1, -0.05) is 68.8 Å². The molecule has 0 aromatic heterocycles. The average molecular weight is 477 g/mol. The lowest BCUT2D eigenvalue weighted by Gasteiger charge is -2.33. The van der Waals surface area contributed by atoms with Crippen LogP contribution in [0.25, 0.3) is 11.1 Å². The summed E-state index contributed by atoms with van der Waals surface area (Å²) in [4.78, 5) is 37.6. The molecule has 2 fully saturated rings. The molecule has 0 radical (unpaired) electrons. The third-order valence-electron chi connectivity index (χ3n) is 8.37. The molecule has 2 aromatic rings. The number of rotatable bonds is 8. The van der Waals surface area contributed by atoms with Gasteiger partial charge >= 0.3 is 12.1 Å². The zero-order valence-electron chi connectivity index (χ0n) is 20.2. The minimum atomic E-state index is -1.05. The quantitative estimate of drug-likeness (QED) is 0.527. The Balaban J connectivity index is 1.23. The van der Waals surface area contributed by atoms with Gasteiger partial charge in [-0.2, -0.15) is 0 Å². The summed E-state index contributed by atoms with van der Waals surface area (Å²) in [6, 6.07) is 15.4. The predicted molar refractivity (Wildman–Crippen MR) is 131 cm³/mol. The normalized spacial score (nSPS) is 22.0. The zero-order valence-corrected chi connectivity index (χ0v) is 20.2. The van der Waals surface area contributed by atoms with Crippen LogP contribution in [-0.4, -0.2) is 42.3 Å². The highest BCUT2D eigenvalue weighted by atomic mass is 16.5. The molecule has 0 aliphatic heterocycles. The van der Waals surface area contributed by atoms with E-state index in [1.165, 1.54) is 0 Å². The van der Waals surface area contributed by atoms with Crippen molar-refractivity contribution in [1.29, 1.82) is 0 Å². The van der Waals surface area contributed by atoms with E-state index in [2.05, 4.69) is 34.9 Å². The number of benzene rings is 2. The largest absolute Gasteiger partial charge is 0.480 e. The highest BCUT2D eigenvalue weighted by Crippen LogP contribution is 2.73. The van der Waals surface area contributed by atoms with Crippen LogP contribution >= 0.6 is 0 Å². The van der Waals surface area contributed by atoms with Crippen molar-refractivity contribution in [3.63, 3.8) is 0 Å². The molecule has 0 saturated heterocycles. The first-order chi connectivity index (χ1) is 16.8. The van der Waals surface area contributed by atoms with Gasteiger partial charge in [-0.25, -0.2) is 9.59 Å². The Morgan fingerprint density at radius 2 is 1.63 bits per heavy atom. The first-order valence-electron chi connectivity index (χ1n) is 12.4. The van der Waals surface area contributed by atoms with Crippen LogP contribution in [0.3, 0.4) is 0 Å². The van der Waals surface area contributed by atoms with Crippen molar-refractivity contribution < 1.29 is 24.2 Å². The summed E-state index contributed by atoms with van der Waals surface area (Å²) in [5.41, 5.74) is 3.71. The maximum absolute atomic E-state index is 13.2. The number of alkyl carbamates (subject to hydrolysis) is 1. The van der Waals surface area contributed by atoms with Gasteiger partial charge in [0, 0.05) is 12.5 Å². The molecule has 184 valence electrons. The lowest BCUT2D eigenvalue weighted by atomic mass is 9.74. The first-order valence-corrected chi connectivity index (χ1v) is 12.4. The van der Waals surface area contributed by atoms with E-state index < -0.39 is 23.5 Å². The van der Waals surface area contributed by atoms with Crippen molar-refractivity contribution in [2.75, 3.05) is 13.2 Å². The topological polar surface area (TPSA) is 105 Å². The SMILES string of the molecule is CC(C)C(NC(=O)C1(CNC(=O)OCC2c3ccccc3-c3ccccc32)CC12CCC2)C(=O)O. The second-order valence-electron chi connectivity index (χ2n) is 10.6. The predicted octanol–water partition coefficient (Wildman–Crippen LogP) is 4.31. The number of hydrogen-bond donors (Lipinski definition) is 3. The van der Waals surface area contributed by atoms with Crippen molar-refractivity contribution >= 4 is 18.0 Å². The number of carboxylic acid groups (broad SMARTS) is 1. The van der Waals surface area contributed by atoms with Crippen LogP contribution in [-0.2, 0) is 14.3 Å². The van der Waals surface area contributed by atoms with Crippen molar-refractivity contribution in [2.24, 2.45) is 16.7 Å². The molecule has 2 saturated carbocycles. The molecule has 1 spiro atoms. The Hall–Kier alpha value is -3.35. The number of carbonyl (C=O) groups is 3. The smallest absolute Gasteiger partial charge is 0.407 e. The van der Waals surface area contributed by atoms with E-state index in [0.29, 0.717) is 6.42 Å². The summed E-state index contributed by atoms with van der Waals surface area (Å²) in [6.07, 6.45) is 3.00. The van der Waals surface area contributed by atoms with Crippen LogP contribution in [0.4, 0.5) is 4.79 Å². The molecule has 5 rings (SSSR count). The fraction of sp³-hybridized carbons (Fsp3) is 0.464. The van der Waals surface area contributed by atoms with E-state index in [1.807, 2.05) is 24.3 Å². The van der Waals surface area contributed by atoms with E-state index in [-0.39, 0.29) is 36.3 Å². The van der Waals surface area contributed by atoms with E-state index in [1.54, 1.807) is 13.8 Å². The van der Waals surface area contributed by atoms with Crippen LogP contribution in [0.2, 0.25) is 0 Å². The lowest BCUT2D eigenvalue weighted by Crippen LogP contribution is -2.51. The van der Waals surface area contributed by atoms with E-state index in [9.17, 15) is 19.5 Å². The fourth-order valence-corrected chi connectivity index (χ4v) is 6.11. The number of amides is 2. The summed E-state index contributed by atoms with van der Waals surface area (Å²) in [6.45, 7) is 3.90. The summed E-state index contributed by atoms with van der Waals surface area (Å²) in [5.74, 6) is -1.60. The number of nitrogens with one attached hydrogen (secondary N) is 2. The maximum Gasteiger partial charge on any atom is 0.407 e. The van der Waals surface area contributed by atoms with Crippen LogP contribution in [0.15, 0.2) is 48.5 Å². The van der Waals surface area contributed by atoms with E-state index in [0.717, 1.165) is 41.5 Å². The Kier molecular flexibility index (Phi) is 5.82. The number of hydrogen-bond acceptors (Lipinski definition) is 4. The van der Waals surface area contributed by atoms with Crippen LogP contribution in [0.1, 0.15) is 56.6 Å². The standard InChI is InChI=1S/C28H32N2O5/c1-17(2)23(24(31)32)30-25(33)28(15-27(28)12-7-13-27)16-29-26(34)35-14-22-20-10-5-3-8-18(20)19-9-4-6-11-21(19)22/h3-6,8-11,17,22-23H,7,12-16H2,1-2H3,(H,29,34)(H,30,33)(H,31,32). The monoisotopic (exact) mass is 476 g/mol. The van der Waals surface area contributed by atoms with Crippen molar-refractivity contribution in [3.8, 4) is 11.1 Å². The molecular weight excluding hydrogens is 444 g/mol. The Morgan fingerprint density at radius 3 is 2.11 bits per heavy atom. The highest BCUT2D eigenvalue weighted by molar-refractivity contribution is 5.91. The molecule has 2 atom stereocenters. The third-order valence-corrected chi connectivity index (χ3v) is 8.37. The van der Waals surface area contributed by atoms with Gasteiger partial charge in [0.05, 0.1) is 5.41 Å². The summed E-state index contributed by atoms with van der Waals surface area (Å²) in [5, 5.41) is 15.1. The van der Waals surface area contributed by atoms with Crippen LogP contribution < -0.4 is 10.6 Å². The summed E-state index contributed by atoms with van der Waals surface area (Å²) >= 11 is 0. The van der Waals surface area contributed by atoms with Gasteiger partial charge in [-0.15, -0.1) is 0 Å². The highest BCUT2D eigenvalue weighted by Gasteiger charge is 2.73. The molecule has 2 unspecified atom stereocenters. The van der Waals surface area contributed by atoms with Gasteiger partial charge in [0.2, 0.25) is 5.91 Å². The van der Waals surface area contributed by atoms with Crippen molar-refractivity contribution in [2.45, 2.75) is 51.5 Å². The molecule has 3 aliphatic rings. The Labute approximate surface area is 205 Å². The molecular formula is C28H32N2O5. The summed E-state index contributed by atoms with van der Waals surface area (Å²) in [7, 11) is 0. The Morgan fingerprint density at radius 1 is 1.03 bits per heavy atom. The van der Waals surface area contributed by atoms with Gasteiger partial charge in [0.15, 0.2) is 0 Å². The van der Waals surface area contributed by atoms with Crippen LogP contribution in [0, 0.1) is 16.7 Å². The number of fused-ring (bicyclic) bond motifs is 3. The fourth-order valence-electron chi connectivity index (χ4n) is 6.11. The van der Waals surface area contributed by atoms with Gasteiger partial charge in [-0.05, 0) is 52.8 Å². The van der Waals surface area contributed by atoms with Gasteiger partial charge < -0.3 is 20.5 Å². The molecule has 35 heavy (non-hydrogen) atoms. The average Bonchev–Trinajstić information content (AvgIpc) is 3.44. The Bertz CT molecular complexity index is 1130. The van der Waals surface area contributed by atoms with E-state index in [4.69, 9.17) is 4.74 Å². The minimum absolute atomic E-state index is 0.0355. The molecule has 3 aliphatic carbocycles. The number of aliphatic carboxylic acids is 1. The van der Waals surface area contributed by atoms with Crippen LogP contribution in [0.5, 0.6) is 0 Å². The zero-order chi connectivity index (χ0) is 24.8. The minimum Gasteiger partial charge on any atom is -0.480 e. The molecule has 2 amide bonds. The molecule has 2 aromatic carbocycles. The van der Waals surface area contributed by atoms with Gasteiger partial charge in [0.1, 0.15) is 12.6 Å². The molecule has 0 bridgehead atoms. The second-order valence-corrected chi connectivity index (χ2v) is 10.6.